The van der Waals surface area contributed by atoms with E-state index in [0.29, 0.717) is 5.65 Å². The van der Waals surface area contributed by atoms with Crippen LogP contribution in [0.1, 0.15) is 0 Å². The van der Waals surface area contributed by atoms with E-state index in [1.807, 2.05) is 6.07 Å². The zero-order valence-electron chi connectivity index (χ0n) is 5.10. The van der Waals surface area contributed by atoms with Gasteiger partial charge in [-0.05, 0) is 12.1 Å². The summed E-state index contributed by atoms with van der Waals surface area (Å²) in [5, 5.41) is 13.3. The zero-order chi connectivity index (χ0) is 6.97. The molecule has 0 saturated carbocycles. The molecule has 0 aliphatic rings. The highest BCUT2D eigenvalue weighted by atomic mass is 16.5. The molecule has 2 rings (SSSR count). The van der Waals surface area contributed by atoms with Crippen molar-refractivity contribution >= 4 is 11.0 Å². The Morgan fingerprint density at radius 1 is 1.50 bits per heavy atom. The Morgan fingerprint density at radius 2 is 2.40 bits per heavy atom. The van der Waals surface area contributed by atoms with E-state index in [-0.39, 0.29) is 0 Å². The molecule has 0 amide bonds. The maximum absolute atomic E-state index is 8.82. The molecule has 2 aromatic heterocycles. The maximum Gasteiger partial charge on any atom is 0.184 e. The maximum atomic E-state index is 8.82. The van der Waals surface area contributed by atoms with Gasteiger partial charge in [-0.25, -0.2) is 4.98 Å². The molecule has 0 bridgehead atoms. The lowest BCUT2D eigenvalue weighted by atomic mass is 10.4. The average Bonchev–Trinajstić information content (AvgIpc) is 2.27. The highest BCUT2D eigenvalue weighted by Crippen LogP contribution is 2.05. The molecule has 0 radical (unpaired) electrons. The first kappa shape index (κ1) is 5.22. The molecule has 2 heterocycles. The minimum absolute atomic E-state index is 0.560. The van der Waals surface area contributed by atoms with Crippen LogP contribution in [0.25, 0.3) is 11.0 Å². The molecule has 0 saturated heterocycles. The Labute approximate surface area is 56.7 Å². The van der Waals surface area contributed by atoms with Crippen molar-refractivity contribution in [3.05, 3.63) is 24.5 Å². The second-order valence-corrected chi connectivity index (χ2v) is 1.97. The molecule has 0 aliphatic carbocycles. The third-order valence-corrected chi connectivity index (χ3v) is 1.27. The van der Waals surface area contributed by atoms with Gasteiger partial charge in [0.15, 0.2) is 5.65 Å². The lowest BCUT2D eigenvalue weighted by Crippen LogP contribution is -1.87. The Kier molecular flexibility index (Phi) is 0.887. The van der Waals surface area contributed by atoms with Gasteiger partial charge in [-0.3, -0.25) is 0 Å². The van der Waals surface area contributed by atoms with E-state index in [2.05, 4.69) is 10.1 Å². The summed E-state index contributed by atoms with van der Waals surface area (Å²) in [6.45, 7) is 0. The largest absolute Gasteiger partial charge is 0.412 e. The first-order chi connectivity index (χ1) is 4.86. The monoisotopic (exact) mass is 135 g/mol. The highest BCUT2D eigenvalue weighted by molar-refractivity contribution is 5.72. The standard InChI is InChI=1S/C6H5N3O/c10-9-4-5-2-1-3-7-6(5)8-9/h1-4,10H. The van der Waals surface area contributed by atoms with Crippen molar-refractivity contribution in [1.29, 1.82) is 0 Å². The topological polar surface area (TPSA) is 50.9 Å². The van der Waals surface area contributed by atoms with Gasteiger partial charge in [0.25, 0.3) is 0 Å². The number of rotatable bonds is 0. The van der Waals surface area contributed by atoms with E-state index in [4.69, 9.17) is 5.21 Å². The van der Waals surface area contributed by atoms with Crippen LogP contribution in [0.15, 0.2) is 24.5 Å². The molecule has 0 spiro atoms. The fourth-order valence-electron chi connectivity index (χ4n) is 0.844. The van der Waals surface area contributed by atoms with E-state index in [1.54, 1.807) is 12.3 Å². The van der Waals surface area contributed by atoms with E-state index >= 15 is 0 Å². The van der Waals surface area contributed by atoms with Crippen LogP contribution in [0.3, 0.4) is 0 Å². The second kappa shape index (κ2) is 1.70. The van der Waals surface area contributed by atoms with Crippen molar-refractivity contribution in [2.24, 2.45) is 0 Å². The lowest BCUT2D eigenvalue weighted by Gasteiger charge is -1.79. The summed E-state index contributed by atoms with van der Waals surface area (Å²) < 4.78 is 0. The molecular formula is C6H5N3O. The SMILES string of the molecule is On1cc2cccnc2n1. The van der Waals surface area contributed by atoms with E-state index in [1.165, 1.54) is 6.20 Å². The molecule has 4 nitrogen and oxygen atoms in total. The summed E-state index contributed by atoms with van der Waals surface area (Å²) in [5.74, 6) is 0. The molecule has 0 aliphatic heterocycles. The third kappa shape index (κ3) is 0.621. The minimum Gasteiger partial charge on any atom is -0.412 e. The van der Waals surface area contributed by atoms with Crippen molar-refractivity contribution in [3.63, 3.8) is 0 Å². The minimum atomic E-state index is 0.560. The van der Waals surface area contributed by atoms with Gasteiger partial charge in [0.1, 0.15) is 0 Å². The van der Waals surface area contributed by atoms with Crippen LogP contribution in [0.5, 0.6) is 0 Å². The predicted octanol–water partition coefficient (Wildman–Crippen LogP) is 0.669. The first-order valence-electron chi connectivity index (χ1n) is 2.86. The molecule has 0 unspecified atom stereocenters. The quantitative estimate of drug-likeness (QED) is 0.540. The lowest BCUT2D eigenvalue weighted by molar-refractivity contribution is 0.151. The smallest absolute Gasteiger partial charge is 0.184 e. The number of aromatic nitrogens is 3. The number of hydrogen-bond acceptors (Lipinski definition) is 3. The van der Waals surface area contributed by atoms with Crippen LogP contribution in [0.2, 0.25) is 0 Å². The predicted molar refractivity (Wildman–Crippen MR) is 34.7 cm³/mol. The summed E-state index contributed by atoms with van der Waals surface area (Å²) in [6, 6.07) is 3.63. The average molecular weight is 135 g/mol. The first-order valence-corrected chi connectivity index (χ1v) is 2.86. The number of fused-ring (bicyclic) bond motifs is 1. The molecule has 2 aromatic rings. The summed E-state index contributed by atoms with van der Waals surface area (Å²) in [6.07, 6.45) is 3.14. The van der Waals surface area contributed by atoms with Crippen molar-refractivity contribution in [3.8, 4) is 0 Å². The van der Waals surface area contributed by atoms with E-state index < -0.39 is 0 Å². The Bertz CT molecular complexity index is 322. The van der Waals surface area contributed by atoms with Gasteiger partial charge in [0.2, 0.25) is 0 Å². The molecule has 0 fully saturated rings. The summed E-state index contributed by atoms with van der Waals surface area (Å²) >= 11 is 0. The van der Waals surface area contributed by atoms with Gasteiger partial charge >= 0.3 is 0 Å². The van der Waals surface area contributed by atoms with Gasteiger partial charge in [0.05, 0.1) is 6.20 Å². The van der Waals surface area contributed by atoms with Crippen LogP contribution >= 0.6 is 0 Å². The third-order valence-electron chi connectivity index (χ3n) is 1.27. The summed E-state index contributed by atoms with van der Waals surface area (Å²) in [7, 11) is 0. The molecule has 4 heteroatoms. The number of pyridine rings is 1. The Balaban J connectivity index is 2.88. The van der Waals surface area contributed by atoms with Crippen molar-refractivity contribution < 1.29 is 5.21 Å². The Hall–Kier alpha value is -1.58. The molecule has 0 atom stereocenters. The van der Waals surface area contributed by atoms with Crippen LogP contribution < -0.4 is 0 Å². The van der Waals surface area contributed by atoms with Gasteiger partial charge in [-0.2, -0.15) is 0 Å². The molecule has 0 aromatic carbocycles. The normalized spacial score (nSPS) is 10.4. The summed E-state index contributed by atoms with van der Waals surface area (Å²) in [5.41, 5.74) is 0.560. The van der Waals surface area contributed by atoms with Crippen molar-refractivity contribution in [2.45, 2.75) is 0 Å². The van der Waals surface area contributed by atoms with Gasteiger partial charge in [-0.1, -0.05) is 0 Å². The van der Waals surface area contributed by atoms with Crippen LogP contribution in [0.4, 0.5) is 0 Å². The molecular weight excluding hydrogens is 130 g/mol. The molecule has 10 heavy (non-hydrogen) atoms. The molecule has 1 N–H and O–H groups in total. The van der Waals surface area contributed by atoms with Gasteiger partial charge in [0, 0.05) is 11.6 Å². The number of hydrogen-bond donors (Lipinski definition) is 1. The van der Waals surface area contributed by atoms with Crippen molar-refractivity contribution in [1.82, 2.24) is 14.9 Å². The van der Waals surface area contributed by atoms with Crippen LogP contribution in [-0.2, 0) is 0 Å². The van der Waals surface area contributed by atoms with Gasteiger partial charge in [-0.15, -0.1) is 9.94 Å². The zero-order valence-corrected chi connectivity index (χ0v) is 5.10. The van der Waals surface area contributed by atoms with E-state index in [9.17, 15) is 0 Å². The fraction of sp³-hybridized carbons (Fsp3) is 0. The summed E-state index contributed by atoms with van der Waals surface area (Å²) in [4.78, 5) is 4.67. The second-order valence-electron chi connectivity index (χ2n) is 1.97. The van der Waals surface area contributed by atoms with Crippen LogP contribution in [0, 0.1) is 0 Å². The van der Waals surface area contributed by atoms with Crippen LogP contribution in [-0.4, -0.2) is 20.1 Å². The fourth-order valence-corrected chi connectivity index (χ4v) is 0.844. The van der Waals surface area contributed by atoms with Crippen molar-refractivity contribution in [2.75, 3.05) is 0 Å². The Morgan fingerprint density at radius 3 is 3.20 bits per heavy atom. The number of nitrogens with zero attached hydrogens (tertiary/aromatic N) is 3. The van der Waals surface area contributed by atoms with E-state index in [0.717, 1.165) is 10.2 Å². The highest BCUT2D eigenvalue weighted by Gasteiger charge is 1.96. The molecule has 50 valence electrons. The van der Waals surface area contributed by atoms with Gasteiger partial charge < -0.3 is 5.21 Å².